The third-order valence-corrected chi connectivity index (χ3v) is 3.71. The number of aldehydes is 1. The minimum Gasteiger partial charge on any atom is -0.302 e. The molecular weight excluding hydrogens is 188 g/mol. The second-order valence-corrected chi connectivity index (χ2v) is 5.20. The van der Waals surface area contributed by atoms with Crippen LogP contribution in [-0.4, -0.2) is 54.3 Å². The Hall–Kier alpha value is -0.410. The van der Waals surface area contributed by atoms with Crippen molar-refractivity contribution >= 4 is 6.29 Å². The zero-order valence-electron chi connectivity index (χ0n) is 9.85. The summed E-state index contributed by atoms with van der Waals surface area (Å²) in [4.78, 5) is 15.6. The molecule has 1 unspecified atom stereocenters. The molecule has 1 aliphatic heterocycles. The number of carbonyl (C=O) groups excluding carboxylic acids is 1. The van der Waals surface area contributed by atoms with E-state index in [2.05, 4.69) is 23.6 Å². The highest BCUT2D eigenvalue weighted by Gasteiger charge is 2.36. The molecule has 0 amide bonds. The van der Waals surface area contributed by atoms with Gasteiger partial charge in [-0.15, -0.1) is 0 Å². The molecule has 0 radical (unpaired) electrons. The summed E-state index contributed by atoms with van der Waals surface area (Å²) in [6, 6.07) is 1.44. The van der Waals surface area contributed by atoms with Crippen molar-refractivity contribution in [1.82, 2.24) is 9.80 Å². The van der Waals surface area contributed by atoms with Crippen molar-refractivity contribution in [2.24, 2.45) is 5.92 Å². The molecular formula is C12H22N2O. The van der Waals surface area contributed by atoms with E-state index in [0.717, 1.165) is 32.0 Å². The molecule has 1 heterocycles. The van der Waals surface area contributed by atoms with Gasteiger partial charge in [0.15, 0.2) is 0 Å². The van der Waals surface area contributed by atoms with Crippen LogP contribution in [0.15, 0.2) is 0 Å². The van der Waals surface area contributed by atoms with Gasteiger partial charge in [-0.25, -0.2) is 0 Å². The van der Waals surface area contributed by atoms with Crippen molar-refractivity contribution in [2.75, 3.05) is 26.2 Å². The Bertz CT molecular complexity index is 226. The van der Waals surface area contributed by atoms with E-state index in [1.165, 1.54) is 12.8 Å². The van der Waals surface area contributed by atoms with E-state index >= 15 is 0 Å². The number of rotatable bonds is 4. The summed E-state index contributed by atoms with van der Waals surface area (Å²) in [5.41, 5.74) is 0. The van der Waals surface area contributed by atoms with E-state index in [0.29, 0.717) is 18.5 Å². The molecule has 1 saturated heterocycles. The number of hydrogen-bond donors (Lipinski definition) is 0. The Morgan fingerprint density at radius 2 is 2.07 bits per heavy atom. The molecule has 2 fully saturated rings. The minimum absolute atomic E-state index is 0.574. The Morgan fingerprint density at radius 3 is 2.60 bits per heavy atom. The lowest BCUT2D eigenvalue weighted by Crippen LogP contribution is -2.56. The van der Waals surface area contributed by atoms with Gasteiger partial charge in [0, 0.05) is 31.7 Å². The van der Waals surface area contributed by atoms with Gasteiger partial charge in [-0.05, 0) is 18.8 Å². The van der Waals surface area contributed by atoms with E-state index in [1.54, 1.807) is 0 Å². The quantitative estimate of drug-likeness (QED) is 0.647. The average Bonchev–Trinajstić information content (AvgIpc) is 3.02. The first kappa shape index (κ1) is 11.1. The van der Waals surface area contributed by atoms with Crippen LogP contribution in [0.2, 0.25) is 0 Å². The minimum atomic E-state index is 0.574. The summed E-state index contributed by atoms with van der Waals surface area (Å²) >= 11 is 0. The molecule has 2 rings (SSSR count). The Kier molecular flexibility index (Phi) is 3.42. The highest BCUT2D eigenvalue weighted by molar-refractivity contribution is 5.52. The lowest BCUT2D eigenvalue weighted by atomic mass is 9.99. The van der Waals surface area contributed by atoms with Crippen LogP contribution in [-0.2, 0) is 4.79 Å². The molecule has 3 nitrogen and oxygen atoms in total. The third-order valence-electron chi connectivity index (χ3n) is 3.71. The summed E-state index contributed by atoms with van der Waals surface area (Å²) in [5.74, 6) is 0.645. The van der Waals surface area contributed by atoms with E-state index in [-0.39, 0.29) is 0 Å². The van der Waals surface area contributed by atoms with E-state index < -0.39 is 0 Å². The molecule has 86 valence electrons. The Balaban J connectivity index is 1.94. The van der Waals surface area contributed by atoms with Crippen LogP contribution < -0.4 is 0 Å². The van der Waals surface area contributed by atoms with Crippen LogP contribution in [0, 0.1) is 5.92 Å². The van der Waals surface area contributed by atoms with Gasteiger partial charge in [0.05, 0.1) is 6.54 Å². The zero-order chi connectivity index (χ0) is 10.8. The van der Waals surface area contributed by atoms with Crippen molar-refractivity contribution in [2.45, 2.75) is 38.8 Å². The first-order chi connectivity index (χ1) is 7.22. The van der Waals surface area contributed by atoms with Gasteiger partial charge in [-0.1, -0.05) is 13.8 Å². The molecule has 1 saturated carbocycles. The first-order valence-corrected chi connectivity index (χ1v) is 6.14. The summed E-state index contributed by atoms with van der Waals surface area (Å²) in [5, 5.41) is 0. The molecule has 2 aliphatic rings. The number of nitrogens with zero attached hydrogens (tertiary/aromatic N) is 2. The van der Waals surface area contributed by atoms with Gasteiger partial charge >= 0.3 is 0 Å². The molecule has 0 spiro atoms. The van der Waals surface area contributed by atoms with Gasteiger partial charge in [0.1, 0.15) is 6.29 Å². The standard InChI is InChI=1S/C12H22N2O/c1-10(2)12-9-14(11-3-4-11)6-5-13(12)7-8-15/h8,10-12H,3-7,9H2,1-2H3. The van der Waals surface area contributed by atoms with Crippen molar-refractivity contribution in [3.05, 3.63) is 0 Å². The van der Waals surface area contributed by atoms with Gasteiger partial charge in [-0.2, -0.15) is 0 Å². The van der Waals surface area contributed by atoms with Crippen LogP contribution in [0.4, 0.5) is 0 Å². The largest absolute Gasteiger partial charge is 0.302 e. The number of hydrogen-bond acceptors (Lipinski definition) is 3. The highest BCUT2D eigenvalue weighted by atomic mass is 16.1. The smallest absolute Gasteiger partial charge is 0.133 e. The maximum Gasteiger partial charge on any atom is 0.133 e. The topological polar surface area (TPSA) is 23.6 Å². The van der Waals surface area contributed by atoms with Crippen LogP contribution in [0.25, 0.3) is 0 Å². The van der Waals surface area contributed by atoms with Gasteiger partial charge < -0.3 is 4.79 Å². The fraction of sp³-hybridized carbons (Fsp3) is 0.917. The molecule has 3 heteroatoms. The molecule has 0 aromatic rings. The predicted molar refractivity (Wildman–Crippen MR) is 60.9 cm³/mol. The first-order valence-electron chi connectivity index (χ1n) is 6.14. The highest BCUT2D eigenvalue weighted by Crippen LogP contribution is 2.29. The Labute approximate surface area is 92.4 Å². The van der Waals surface area contributed by atoms with Crippen LogP contribution in [0.1, 0.15) is 26.7 Å². The summed E-state index contributed by atoms with van der Waals surface area (Å²) in [6.45, 7) is 8.52. The van der Waals surface area contributed by atoms with Gasteiger partial charge in [-0.3, -0.25) is 9.80 Å². The normalized spacial score (nSPS) is 29.7. The fourth-order valence-electron chi connectivity index (χ4n) is 2.60. The number of carbonyl (C=O) groups is 1. The molecule has 0 aromatic carbocycles. The summed E-state index contributed by atoms with van der Waals surface area (Å²) in [7, 11) is 0. The van der Waals surface area contributed by atoms with Crippen LogP contribution in [0.3, 0.4) is 0 Å². The molecule has 1 atom stereocenters. The van der Waals surface area contributed by atoms with E-state index in [4.69, 9.17) is 0 Å². The molecule has 0 N–H and O–H groups in total. The molecule has 0 aromatic heterocycles. The summed E-state index contributed by atoms with van der Waals surface area (Å²) in [6.07, 6.45) is 3.82. The zero-order valence-corrected chi connectivity index (χ0v) is 9.85. The average molecular weight is 210 g/mol. The van der Waals surface area contributed by atoms with Crippen LogP contribution >= 0.6 is 0 Å². The monoisotopic (exact) mass is 210 g/mol. The second-order valence-electron chi connectivity index (χ2n) is 5.20. The second kappa shape index (κ2) is 4.62. The van der Waals surface area contributed by atoms with Crippen molar-refractivity contribution in [3.63, 3.8) is 0 Å². The molecule has 1 aliphatic carbocycles. The van der Waals surface area contributed by atoms with Gasteiger partial charge in [0.2, 0.25) is 0 Å². The SMILES string of the molecule is CC(C)C1CN(C2CC2)CCN1CC=O. The van der Waals surface area contributed by atoms with Crippen molar-refractivity contribution < 1.29 is 4.79 Å². The predicted octanol–water partition coefficient (Wildman–Crippen LogP) is 0.990. The molecule has 15 heavy (non-hydrogen) atoms. The van der Waals surface area contributed by atoms with Crippen molar-refractivity contribution in [1.29, 1.82) is 0 Å². The maximum atomic E-state index is 10.6. The fourth-order valence-corrected chi connectivity index (χ4v) is 2.60. The lowest BCUT2D eigenvalue weighted by Gasteiger charge is -2.42. The van der Waals surface area contributed by atoms with Gasteiger partial charge in [0.25, 0.3) is 0 Å². The Morgan fingerprint density at radius 1 is 1.33 bits per heavy atom. The van der Waals surface area contributed by atoms with E-state index in [9.17, 15) is 4.79 Å². The van der Waals surface area contributed by atoms with Crippen molar-refractivity contribution in [3.8, 4) is 0 Å². The van der Waals surface area contributed by atoms with E-state index in [1.807, 2.05) is 0 Å². The number of piperazine rings is 1. The third kappa shape index (κ3) is 2.58. The lowest BCUT2D eigenvalue weighted by molar-refractivity contribution is -0.110. The molecule has 0 bridgehead atoms. The summed E-state index contributed by atoms with van der Waals surface area (Å²) < 4.78 is 0. The van der Waals surface area contributed by atoms with Crippen LogP contribution in [0.5, 0.6) is 0 Å². The maximum absolute atomic E-state index is 10.6.